The second kappa shape index (κ2) is 7.05. The zero-order valence-electron chi connectivity index (χ0n) is 15.3. The van der Waals surface area contributed by atoms with E-state index in [0.717, 1.165) is 20.8 Å². The predicted octanol–water partition coefficient (Wildman–Crippen LogP) is 3.50. The molecule has 2 amide bonds. The number of nitrogens with one attached hydrogen (secondary N) is 1. The number of aryl methyl sites for hydroxylation is 1. The quantitative estimate of drug-likeness (QED) is 0.539. The number of amides is 2. The maximum atomic E-state index is 13.0. The van der Waals surface area contributed by atoms with Crippen LogP contribution in [0.1, 0.15) is 37.2 Å². The molecule has 0 bridgehead atoms. The molecule has 5 rings (SSSR count). The van der Waals surface area contributed by atoms with Crippen LogP contribution in [-0.4, -0.2) is 38.4 Å². The van der Waals surface area contributed by atoms with Gasteiger partial charge in [-0.25, -0.2) is 9.97 Å². The Labute approximate surface area is 173 Å². The van der Waals surface area contributed by atoms with Gasteiger partial charge in [0.25, 0.3) is 11.8 Å². The van der Waals surface area contributed by atoms with Crippen molar-refractivity contribution < 1.29 is 14.1 Å². The fourth-order valence-electron chi connectivity index (χ4n) is 3.23. The fraction of sp³-hybridized carbons (Fsp3) is 0.211. The summed E-state index contributed by atoms with van der Waals surface area (Å²) in [5.41, 5.74) is 4.47. The summed E-state index contributed by atoms with van der Waals surface area (Å²) in [5, 5.41) is 6.97. The second-order valence-electron chi connectivity index (χ2n) is 6.68. The van der Waals surface area contributed by atoms with Gasteiger partial charge in [0.2, 0.25) is 0 Å². The van der Waals surface area contributed by atoms with Crippen LogP contribution in [-0.2, 0) is 13.0 Å². The van der Waals surface area contributed by atoms with Gasteiger partial charge in [0.15, 0.2) is 10.8 Å². The Hall–Kier alpha value is -3.11. The lowest BCUT2D eigenvalue weighted by molar-refractivity contribution is 0.0736. The first-order valence-electron chi connectivity index (χ1n) is 8.92. The Bertz CT molecular complexity index is 1240. The maximum absolute atomic E-state index is 13.0. The van der Waals surface area contributed by atoms with E-state index in [2.05, 4.69) is 20.4 Å². The molecule has 0 unspecified atom stereocenters. The summed E-state index contributed by atoms with van der Waals surface area (Å²) in [6.07, 6.45) is 0.652. The van der Waals surface area contributed by atoms with E-state index in [9.17, 15) is 9.59 Å². The molecule has 1 N–H and O–H groups in total. The molecule has 4 aromatic rings. The molecule has 3 aromatic heterocycles. The molecule has 1 aromatic carbocycles. The molecule has 0 saturated carbocycles. The van der Waals surface area contributed by atoms with Gasteiger partial charge in [0.1, 0.15) is 5.76 Å². The highest BCUT2D eigenvalue weighted by molar-refractivity contribution is 7.16. The Morgan fingerprint density at radius 3 is 3.00 bits per heavy atom. The van der Waals surface area contributed by atoms with Crippen molar-refractivity contribution in [3.63, 3.8) is 0 Å². The van der Waals surface area contributed by atoms with Gasteiger partial charge in [0.05, 0.1) is 28.0 Å². The van der Waals surface area contributed by atoms with Crippen LogP contribution < -0.4 is 5.32 Å². The van der Waals surface area contributed by atoms with E-state index in [1.165, 1.54) is 22.7 Å². The fourth-order valence-corrected chi connectivity index (χ4v) is 4.96. The number of hydrogen-bond acceptors (Lipinski definition) is 8. The first kappa shape index (κ1) is 18.0. The molecule has 1 aliphatic heterocycles. The minimum absolute atomic E-state index is 0.0111. The average Bonchev–Trinajstić information content (AvgIpc) is 3.44. The van der Waals surface area contributed by atoms with Crippen molar-refractivity contribution in [1.82, 2.24) is 20.0 Å². The van der Waals surface area contributed by atoms with Gasteiger partial charge in [-0.05, 0) is 25.1 Å². The summed E-state index contributed by atoms with van der Waals surface area (Å²) in [5.74, 6) is 0.195. The smallest absolute Gasteiger partial charge is 0.279 e. The first-order chi connectivity index (χ1) is 14.1. The Morgan fingerprint density at radius 2 is 2.17 bits per heavy atom. The largest absolute Gasteiger partial charge is 0.361 e. The molecule has 146 valence electrons. The lowest BCUT2D eigenvalue weighted by Crippen LogP contribution is -2.35. The predicted molar refractivity (Wildman–Crippen MR) is 109 cm³/mol. The third kappa shape index (κ3) is 3.40. The molecular weight excluding hydrogens is 410 g/mol. The minimum atomic E-state index is -0.362. The second-order valence-corrected chi connectivity index (χ2v) is 8.65. The topological polar surface area (TPSA) is 101 Å². The highest BCUT2D eigenvalue weighted by Gasteiger charge is 2.26. The van der Waals surface area contributed by atoms with Crippen molar-refractivity contribution in [3.05, 3.63) is 57.4 Å². The number of anilines is 1. The normalized spacial score (nSPS) is 13.5. The number of thiazole rings is 2. The summed E-state index contributed by atoms with van der Waals surface area (Å²) in [6, 6.07) is 7.16. The van der Waals surface area contributed by atoms with Crippen LogP contribution in [0.4, 0.5) is 5.13 Å². The maximum Gasteiger partial charge on any atom is 0.279 e. The van der Waals surface area contributed by atoms with Crippen molar-refractivity contribution >= 4 is 49.8 Å². The van der Waals surface area contributed by atoms with Crippen LogP contribution >= 0.6 is 22.7 Å². The van der Waals surface area contributed by atoms with Crippen LogP contribution in [0.5, 0.6) is 0 Å². The van der Waals surface area contributed by atoms with Gasteiger partial charge in [-0.1, -0.05) is 16.5 Å². The van der Waals surface area contributed by atoms with Crippen LogP contribution in [0.15, 0.2) is 34.3 Å². The Balaban J connectivity index is 1.31. The third-order valence-electron chi connectivity index (χ3n) is 4.68. The summed E-state index contributed by atoms with van der Waals surface area (Å²) in [7, 11) is 0. The van der Waals surface area contributed by atoms with Gasteiger partial charge >= 0.3 is 0 Å². The molecule has 8 nitrogen and oxygen atoms in total. The number of hydrogen-bond donors (Lipinski definition) is 1. The van der Waals surface area contributed by atoms with Crippen molar-refractivity contribution in [2.24, 2.45) is 0 Å². The lowest BCUT2D eigenvalue weighted by atomic mass is 10.1. The van der Waals surface area contributed by atoms with Crippen LogP contribution in [0, 0.1) is 6.92 Å². The molecule has 0 atom stereocenters. The van der Waals surface area contributed by atoms with E-state index in [1.807, 2.05) is 23.1 Å². The number of carbonyl (C=O) groups excluding carboxylic acids is 2. The van der Waals surface area contributed by atoms with Gasteiger partial charge < -0.3 is 9.42 Å². The summed E-state index contributed by atoms with van der Waals surface area (Å²) in [6.45, 7) is 2.79. The van der Waals surface area contributed by atoms with Crippen molar-refractivity contribution in [2.45, 2.75) is 19.9 Å². The first-order valence-corrected chi connectivity index (χ1v) is 10.6. The van der Waals surface area contributed by atoms with Gasteiger partial charge in [-0.15, -0.1) is 11.3 Å². The van der Waals surface area contributed by atoms with E-state index >= 15 is 0 Å². The number of nitrogens with zero attached hydrogens (tertiary/aromatic N) is 4. The minimum Gasteiger partial charge on any atom is -0.361 e. The zero-order valence-corrected chi connectivity index (χ0v) is 17.0. The van der Waals surface area contributed by atoms with E-state index in [0.29, 0.717) is 36.0 Å². The summed E-state index contributed by atoms with van der Waals surface area (Å²) < 4.78 is 5.93. The summed E-state index contributed by atoms with van der Waals surface area (Å²) in [4.78, 5) is 36.8. The molecule has 4 heterocycles. The average molecular weight is 425 g/mol. The highest BCUT2D eigenvalue weighted by Crippen LogP contribution is 2.30. The van der Waals surface area contributed by atoms with Crippen LogP contribution in [0.25, 0.3) is 10.2 Å². The molecule has 29 heavy (non-hydrogen) atoms. The van der Waals surface area contributed by atoms with E-state index in [-0.39, 0.29) is 17.5 Å². The number of carbonyl (C=O) groups is 2. The van der Waals surface area contributed by atoms with E-state index in [1.54, 1.807) is 18.5 Å². The summed E-state index contributed by atoms with van der Waals surface area (Å²) >= 11 is 2.90. The Kier molecular flexibility index (Phi) is 4.36. The molecule has 0 radical (unpaired) electrons. The molecule has 1 aliphatic rings. The highest BCUT2D eigenvalue weighted by atomic mass is 32.1. The Morgan fingerprint density at radius 1 is 1.28 bits per heavy atom. The van der Waals surface area contributed by atoms with E-state index < -0.39 is 0 Å². The van der Waals surface area contributed by atoms with Crippen LogP contribution in [0.3, 0.4) is 0 Å². The lowest BCUT2D eigenvalue weighted by Gasteiger charge is -2.26. The van der Waals surface area contributed by atoms with Gasteiger partial charge in [-0.2, -0.15) is 0 Å². The molecule has 0 spiro atoms. The SMILES string of the molecule is Cc1cc(C(=O)Nc2nc3c(s2)CN(C(=O)c2ccc4ncsc4c2)CC3)no1. The van der Waals surface area contributed by atoms with Crippen LogP contribution in [0.2, 0.25) is 0 Å². The number of aromatic nitrogens is 3. The molecular formula is C19H15N5O3S2. The zero-order chi connectivity index (χ0) is 20.0. The number of benzene rings is 1. The number of rotatable bonds is 3. The molecule has 0 fully saturated rings. The van der Waals surface area contributed by atoms with Crippen molar-refractivity contribution in [1.29, 1.82) is 0 Å². The van der Waals surface area contributed by atoms with Gasteiger partial charge in [0, 0.05) is 29.5 Å². The molecule has 0 saturated heterocycles. The van der Waals surface area contributed by atoms with Gasteiger partial charge in [-0.3, -0.25) is 14.9 Å². The van der Waals surface area contributed by atoms with Crippen molar-refractivity contribution in [2.75, 3.05) is 11.9 Å². The van der Waals surface area contributed by atoms with Crippen molar-refractivity contribution in [3.8, 4) is 0 Å². The number of fused-ring (bicyclic) bond motifs is 2. The molecule has 10 heteroatoms. The monoisotopic (exact) mass is 425 g/mol. The molecule has 0 aliphatic carbocycles. The third-order valence-corrected chi connectivity index (χ3v) is 6.47. The standard InChI is InChI=1S/C19H15N5O3S2/c1-10-6-14(23-27-10)17(25)22-19-21-13-4-5-24(8-16(13)29-19)18(26)11-2-3-12-15(7-11)28-9-20-12/h2-3,6-7,9H,4-5,8H2,1H3,(H,21,22,25). The van der Waals surface area contributed by atoms with E-state index in [4.69, 9.17) is 4.52 Å².